The van der Waals surface area contributed by atoms with Crippen molar-refractivity contribution in [2.75, 3.05) is 26.4 Å². The molecule has 0 amide bonds. The van der Waals surface area contributed by atoms with Crippen LogP contribution in [-0.4, -0.2) is 41.0 Å². The predicted molar refractivity (Wildman–Crippen MR) is 79.8 cm³/mol. The second kappa shape index (κ2) is 6.32. The number of ether oxygens (including phenoxy) is 2. The van der Waals surface area contributed by atoms with Crippen molar-refractivity contribution in [1.29, 1.82) is 0 Å². The first kappa shape index (κ1) is 14.2. The Morgan fingerprint density at radius 2 is 1.95 bits per heavy atom. The van der Waals surface area contributed by atoms with Gasteiger partial charge in [-0.3, -0.25) is 0 Å². The van der Waals surface area contributed by atoms with Crippen LogP contribution in [0.15, 0.2) is 12.1 Å². The number of aryl methyl sites for hydroxylation is 2. The largest absolute Gasteiger partial charge is 0.486 e. The Balaban J connectivity index is 2.03. The molecule has 114 valence electrons. The Kier molecular flexibility index (Phi) is 4.26. The predicted octanol–water partition coefficient (Wildman–Crippen LogP) is 1.08. The van der Waals surface area contributed by atoms with Gasteiger partial charge in [0, 0.05) is 31.7 Å². The molecule has 0 atom stereocenters. The summed E-state index contributed by atoms with van der Waals surface area (Å²) in [5, 5.41) is 9.10. The molecule has 0 unspecified atom stereocenters. The lowest BCUT2D eigenvalue weighted by molar-refractivity contribution is 0.172. The van der Waals surface area contributed by atoms with Crippen molar-refractivity contribution in [2.45, 2.75) is 25.8 Å². The minimum atomic E-state index is 0.167. The number of nitrogens with two attached hydrogens (primary N) is 1. The van der Waals surface area contributed by atoms with Gasteiger partial charge < -0.3 is 24.9 Å². The molecule has 6 nitrogen and oxygen atoms in total. The minimum Gasteiger partial charge on any atom is -0.486 e. The number of benzene rings is 1. The van der Waals surface area contributed by atoms with E-state index in [2.05, 4.69) is 4.57 Å². The van der Waals surface area contributed by atoms with Gasteiger partial charge in [0.05, 0.1) is 11.0 Å². The first-order valence-corrected chi connectivity index (χ1v) is 7.43. The van der Waals surface area contributed by atoms with E-state index in [1.807, 2.05) is 12.1 Å². The lowest BCUT2D eigenvalue weighted by Gasteiger charge is -2.18. The van der Waals surface area contributed by atoms with E-state index in [0.29, 0.717) is 26.2 Å². The average molecular weight is 291 g/mol. The van der Waals surface area contributed by atoms with E-state index in [1.54, 1.807) is 0 Å². The smallest absolute Gasteiger partial charge is 0.163 e. The Morgan fingerprint density at radius 1 is 1.19 bits per heavy atom. The third-order valence-electron chi connectivity index (χ3n) is 3.64. The van der Waals surface area contributed by atoms with Crippen LogP contribution >= 0.6 is 0 Å². The summed E-state index contributed by atoms with van der Waals surface area (Å²) in [6.45, 7) is 2.70. The number of hydrogen-bond acceptors (Lipinski definition) is 5. The number of nitrogens with zero attached hydrogens (tertiary/aromatic N) is 2. The monoisotopic (exact) mass is 291 g/mol. The number of aromatic nitrogens is 2. The van der Waals surface area contributed by atoms with Gasteiger partial charge in [-0.25, -0.2) is 4.98 Å². The molecule has 2 aromatic rings. The number of aliphatic hydroxyl groups excluding tert-OH is 1. The fraction of sp³-hybridized carbons (Fsp3) is 0.533. The number of rotatable bonds is 6. The molecular formula is C15H21N3O3. The number of imidazole rings is 1. The SMILES string of the molecule is NCCCc1nc2cc3c(cc2n1CCCO)OCCO3. The highest BCUT2D eigenvalue weighted by molar-refractivity contribution is 5.80. The maximum Gasteiger partial charge on any atom is 0.163 e. The molecule has 3 N–H and O–H groups in total. The molecule has 1 aliphatic heterocycles. The molecular weight excluding hydrogens is 270 g/mol. The molecule has 0 saturated carbocycles. The number of hydrogen-bond donors (Lipinski definition) is 2. The highest BCUT2D eigenvalue weighted by atomic mass is 16.6. The van der Waals surface area contributed by atoms with Gasteiger partial charge in [-0.2, -0.15) is 0 Å². The van der Waals surface area contributed by atoms with Crippen LogP contribution in [0.2, 0.25) is 0 Å². The Morgan fingerprint density at radius 3 is 2.67 bits per heavy atom. The Labute approximate surface area is 123 Å². The molecule has 0 aliphatic carbocycles. The van der Waals surface area contributed by atoms with Gasteiger partial charge in [0.2, 0.25) is 0 Å². The van der Waals surface area contributed by atoms with Gasteiger partial charge in [0.15, 0.2) is 11.5 Å². The van der Waals surface area contributed by atoms with Crippen LogP contribution in [0.1, 0.15) is 18.7 Å². The summed E-state index contributed by atoms with van der Waals surface area (Å²) in [4.78, 5) is 4.70. The molecule has 1 aliphatic rings. The van der Waals surface area contributed by atoms with Gasteiger partial charge in [0.25, 0.3) is 0 Å². The molecule has 0 spiro atoms. The van der Waals surface area contributed by atoms with Crippen molar-refractivity contribution in [3.05, 3.63) is 18.0 Å². The lowest BCUT2D eigenvalue weighted by Crippen LogP contribution is -2.15. The van der Waals surface area contributed by atoms with Crippen LogP contribution in [0.3, 0.4) is 0 Å². The van der Waals surface area contributed by atoms with E-state index in [4.69, 9.17) is 25.3 Å². The van der Waals surface area contributed by atoms with Crippen LogP contribution in [-0.2, 0) is 13.0 Å². The molecule has 0 fully saturated rings. The van der Waals surface area contributed by atoms with Crippen molar-refractivity contribution in [1.82, 2.24) is 9.55 Å². The molecule has 0 radical (unpaired) electrons. The van der Waals surface area contributed by atoms with Crippen LogP contribution in [0.25, 0.3) is 11.0 Å². The normalized spacial score (nSPS) is 13.8. The van der Waals surface area contributed by atoms with E-state index in [-0.39, 0.29) is 6.61 Å². The van der Waals surface area contributed by atoms with Crippen molar-refractivity contribution < 1.29 is 14.6 Å². The topological polar surface area (TPSA) is 82.5 Å². The Hall–Kier alpha value is -1.79. The van der Waals surface area contributed by atoms with Crippen molar-refractivity contribution in [3.63, 3.8) is 0 Å². The molecule has 0 saturated heterocycles. The lowest BCUT2D eigenvalue weighted by atomic mass is 10.2. The minimum absolute atomic E-state index is 0.167. The third kappa shape index (κ3) is 2.82. The van der Waals surface area contributed by atoms with Gasteiger partial charge in [-0.15, -0.1) is 0 Å². The van der Waals surface area contributed by atoms with Crippen LogP contribution in [0.4, 0.5) is 0 Å². The molecule has 3 rings (SSSR count). The van der Waals surface area contributed by atoms with E-state index in [1.165, 1.54) is 0 Å². The zero-order valence-corrected chi connectivity index (χ0v) is 12.0. The van der Waals surface area contributed by atoms with Gasteiger partial charge in [-0.1, -0.05) is 0 Å². The Bertz CT molecular complexity index is 624. The summed E-state index contributed by atoms with van der Waals surface area (Å²) in [5.74, 6) is 2.53. The fourth-order valence-corrected chi connectivity index (χ4v) is 2.64. The van der Waals surface area contributed by atoms with Crippen LogP contribution < -0.4 is 15.2 Å². The maximum atomic E-state index is 9.10. The van der Waals surface area contributed by atoms with E-state index in [9.17, 15) is 0 Å². The highest BCUT2D eigenvalue weighted by Gasteiger charge is 2.17. The second-order valence-corrected chi connectivity index (χ2v) is 5.13. The number of aliphatic hydroxyl groups is 1. The third-order valence-corrected chi connectivity index (χ3v) is 3.64. The quantitative estimate of drug-likeness (QED) is 0.832. The van der Waals surface area contributed by atoms with E-state index < -0.39 is 0 Å². The van der Waals surface area contributed by atoms with Gasteiger partial charge in [0.1, 0.15) is 19.0 Å². The van der Waals surface area contributed by atoms with E-state index in [0.717, 1.165) is 47.7 Å². The molecule has 1 aromatic heterocycles. The molecule has 0 bridgehead atoms. The molecule has 2 heterocycles. The standard InChI is InChI=1S/C15H21N3O3/c16-4-1-3-15-17-11-9-13-14(21-8-7-20-13)10-12(11)18(15)5-2-6-19/h9-10,19H,1-8,16H2. The summed E-state index contributed by atoms with van der Waals surface area (Å²) < 4.78 is 13.4. The van der Waals surface area contributed by atoms with E-state index >= 15 is 0 Å². The van der Waals surface area contributed by atoms with Crippen molar-refractivity contribution in [3.8, 4) is 11.5 Å². The van der Waals surface area contributed by atoms with Gasteiger partial charge in [-0.05, 0) is 19.4 Å². The molecule has 21 heavy (non-hydrogen) atoms. The highest BCUT2D eigenvalue weighted by Crippen LogP contribution is 2.35. The second-order valence-electron chi connectivity index (χ2n) is 5.13. The van der Waals surface area contributed by atoms with Crippen LogP contribution in [0, 0.1) is 0 Å². The first-order chi connectivity index (χ1) is 10.3. The summed E-state index contributed by atoms with van der Waals surface area (Å²) in [6.07, 6.45) is 2.44. The van der Waals surface area contributed by atoms with Crippen molar-refractivity contribution in [2.24, 2.45) is 5.73 Å². The zero-order valence-electron chi connectivity index (χ0n) is 12.0. The summed E-state index contributed by atoms with van der Waals surface area (Å²) >= 11 is 0. The summed E-state index contributed by atoms with van der Waals surface area (Å²) in [6, 6.07) is 3.92. The van der Waals surface area contributed by atoms with Crippen molar-refractivity contribution >= 4 is 11.0 Å². The molecule has 1 aromatic carbocycles. The number of fused-ring (bicyclic) bond motifs is 2. The first-order valence-electron chi connectivity index (χ1n) is 7.43. The van der Waals surface area contributed by atoms with Gasteiger partial charge >= 0.3 is 0 Å². The van der Waals surface area contributed by atoms with Crippen LogP contribution in [0.5, 0.6) is 11.5 Å². The maximum absolute atomic E-state index is 9.10. The summed E-state index contributed by atoms with van der Waals surface area (Å²) in [5.41, 5.74) is 7.54. The average Bonchev–Trinajstić information content (AvgIpc) is 2.85. The molecule has 6 heteroatoms. The summed E-state index contributed by atoms with van der Waals surface area (Å²) in [7, 11) is 0. The zero-order chi connectivity index (χ0) is 14.7. The fourth-order valence-electron chi connectivity index (χ4n) is 2.64.